The van der Waals surface area contributed by atoms with Crippen molar-refractivity contribution in [2.75, 3.05) is 46.3 Å². The number of anilines is 1. The molecule has 3 aromatic rings. The number of fused-ring (bicyclic) bond motifs is 1. The predicted molar refractivity (Wildman–Crippen MR) is 123 cm³/mol. The molecule has 7 heteroatoms. The summed E-state index contributed by atoms with van der Waals surface area (Å²) in [7, 11) is 7.39. The maximum atomic E-state index is 13.5. The largest absolute Gasteiger partial charge is 0.497 e. The average molecular weight is 429 g/mol. The maximum Gasteiger partial charge on any atom is 0.260 e. The summed E-state index contributed by atoms with van der Waals surface area (Å²) in [5.41, 5.74) is 2.72. The number of thiazole rings is 1. The van der Waals surface area contributed by atoms with E-state index in [-0.39, 0.29) is 5.91 Å². The first-order chi connectivity index (χ1) is 14.4. The molecule has 0 aliphatic carbocycles. The minimum Gasteiger partial charge on any atom is -0.497 e. The first-order valence-electron chi connectivity index (χ1n) is 10.2. The Bertz CT molecular complexity index is 994. The molecule has 160 valence electrons. The first-order valence-corrected chi connectivity index (χ1v) is 11.0. The Morgan fingerprint density at radius 1 is 1.10 bits per heavy atom. The summed E-state index contributed by atoms with van der Waals surface area (Å²) >= 11 is 1.56. The third-order valence-electron chi connectivity index (χ3n) is 4.98. The van der Waals surface area contributed by atoms with Gasteiger partial charge in [0.15, 0.2) is 5.13 Å². The number of rotatable bonds is 9. The van der Waals surface area contributed by atoms with Crippen LogP contribution in [0.15, 0.2) is 36.4 Å². The molecular weight excluding hydrogens is 398 g/mol. The van der Waals surface area contributed by atoms with Crippen LogP contribution in [0, 0.1) is 0 Å². The number of hydrogen-bond acceptors (Lipinski definition) is 5. The summed E-state index contributed by atoms with van der Waals surface area (Å²) in [6, 6.07) is 11.6. The normalized spacial score (nSPS) is 11.1. The molecule has 6 nitrogen and oxygen atoms in total. The Morgan fingerprint density at radius 2 is 1.80 bits per heavy atom. The van der Waals surface area contributed by atoms with Crippen LogP contribution in [0.25, 0.3) is 10.2 Å². The van der Waals surface area contributed by atoms with E-state index < -0.39 is 0 Å². The minimum absolute atomic E-state index is 0.101. The van der Waals surface area contributed by atoms with Gasteiger partial charge in [-0.25, -0.2) is 4.98 Å². The van der Waals surface area contributed by atoms with Crippen LogP contribution in [0.4, 0.5) is 5.13 Å². The molecule has 3 rings (SSSR count). The fourth-order valence-electron chi connectivity index (χ4n) is 3.25. The van der Waals surface area contributed by atoms with E-state index in [1.807, 2.05) is 6.07 Å². The van der Waals surface area contributed by atoms with Crippen molar-refractivity contribution < 1.29 is 19.2 Å². The molecule has 0 unspecified atom stereocenters. The second-order valence-corrected chi connectivity index (χ2v) is 8.53. The zero-order valence-corrected chi connectivity index (χ0v) is 19.1. The van der Waals surface area contributed by atoms with Gasteiger partial charge in [-0.05, 0) is 36.2 Å². The molecule has 1 heterocycles. The van der Waals surface area contributed by atoms with Crippen molar-refractivity contribution in [3.05, 3.63) is 47.5 Å². The van der Waals surface area contributed by atoms with Crippen molar-refractivity contribution in [3.63, 3.8) is 0 Å². The van der Waals surface area contributed by atoms with Gasteiger partial charge < -0.3 is 14.4 Å². The molecule has 2 aromatic carbocycles. The van der Waals surface area contributed by atoms with Gasteiger partial charge in [-0.1, -0.05) is 24.3 Å². The smallest absolute Gasteiger partial charge is 0.260 e. The van der Waals surface area contributed by atoms with Gasteiger partial charge in [-0.15, -0.1) is 0 Å². The highest BCUT2D eigenvalue weighted by atomic mass is 32.1. The summed E-state index contributed by atoms with van der Waals surface area (Å²) in [5, 5.41) is 0.721. The highest BCUT2D eigenvalue weighted by Gasteiger charge is 2.23. The number of aromatic nitrogens is 1. The van der Waals surface area contributed by atoms with Crippen molar-refractivity contribution in [2.45, 2.75) is 19.8 Å². The number of amides is 1. The second kappa shape index (κ2) is 9.91. The van der Waals surface area contributed by atoms with Crippen LogP contribution in [0.3, 0.4) is 0 Å². The lowest BCUT2D eigenvalue weighted by Crippen LogP contribution is -3.05. The fraction of sp³-hybridized carbons (Fsp3) is 0.391. The van der Waals surface area contributed by atoms with Crippen LogP contribution in [-0.4, -0.2) is 52.3 Å². The Balaban J connectivity index is 1.99. The molecule has 1 amide bonds. The lowest BCUT2D eigenvalue weighted by Gasteiger charge is -2.21. The standard InChI is InChI=1S/C23H29N3O3S/c1-6-16-8-9-20-21(12-16)30-23(24-20)26(11-7-10-25(2)3)22(27)17-13-18(28-4)15-19(14-17)29-5/h8-9,12-15H,6-7,10-11H2,1-5H3/p+1. The number of carbonyl (C=O) groups excluding carboxylic acids is 1. The zero-order chi connectivity index (χ0) is 21.7. The molecule has 1 aromatic heterocycles. The quantitative estimate of drug-likeness (QED) is 0.569. The number of hydrogen-bond donors (Lipinski definition) is 1. The number of benzene rings is 2. The number of methoxy groups -OCH3 is 2. The van der Waals surface area contributed by atoms with E-state index in [0.717, 1.165) is 34.7 Å². The fourth-order valence-corrected chi connectivity index (χ4v) is 4.31. The van der Waals surface area contributed by atoms with Gasteiger partial charge in [0.2, 0.25) is 0 Å². The second-order valence-electron chi connectivity index (χ2n) is 7.52. The van der Waals surface area contributed by atoms with Crippen molar-refractivity contribution in [1.82, 2.24) is 4.98 Å². The van der Waals surface area contributed by atoms with E-state index >= 15 is 0 Å². The van der Waals surface area contributed by atoms with Crippen LogP contribution in [0.2, 0.25) is 0 Å². The van der Waals surface area contributed by atoms with E-state index in [4.69, 9.17) is 14.5 Å². The molecular formula is C23H30N3O3S+. The SMILES string of the molecule is CCc1ccc2nc(N(CCC[NH+](C)C)C(=O)c3cc(OC)cc(OC)c3)sc2c1. The number of aryl methyl sites for hydroxylation is 1. The number of nitrogens with one attached hydrogen (secondary N) is 1. The van der Waals surface area contributed by atoms with E-state index in [2.05, 4.69) is 33.2 Å². The number of quaternary nitrogens is 1. The summed E-state index contributed by atoms with van der Waals surface area (Å²) < 4.78 is 11.8. The van der Waals surface area contributed by atoms with Crippen LogP contribution in [-0.2, 0) is 6.42 Å². The van der Waals surface area contributed by atoms with E-state index in [1.165, 1.54) is 10.5 Å². The van der Waals surface area contributed by atoms with E-state index in [9.17, 15) is 4.79 Å². The minimum atomic E-state index is -0.101. The lowest BCUT2D eigenvalue weighted by molar-refractivity contribution is -0.858. The summed E-state index contributed by atoms with van der Waals surface area (Å²) in [6.45, 7) is 3.71. The van der Waals surface area contributed by atoms with Crippen LogP contribution in [0.5, 0.6) is 11.5 Å². The Morgan fingerprint density at radius 3 is 2.40 bits per heavy atom. The van der Waals surface area contributed by atoms with E-state index in [0.29, 0.717) is 23.6 Å². The molecule has 0 saturated heterocycles. The number of ether oxygens (including phenoxy) is 2. The Kier molecular flexibility index (Phi) is 7.29. The van der Waals surface area contributed by atoms with Gasteiger partial charge in [0.05, 0.1) is 45.1 Å². The predicted octanol–water partition coefficient (Wildman–Crippen LogP) is 3.06. The molecule has 0 spiro atoms. The molecule has 30 heavy (non-hydrogen) atoms. The van der Waals surface area contributed by atoms with Gasteiger partial charge in [0.25, 0.3) is 5.91 Å². The Hall–Kier alpha value is -2.64. The highest BCUT2D eigenvalue weighted by molar-refractivity contribution is 7.22. The van der Waals surface area contributed by atoms with Crippen LogP contribution in [0.1, 0.15) is 29.3 Å². The first kappa shape index (κ1) is 22.1. The van der Waals surface area contributed by atoms with Gasteiger partial charge in [0, 0.05) is 24.6 Å². The topological polar surface area (TPSA) is 56.1 Å². The molecule has 0 atom stereocenters. The monoisotopic (exact) mass is 428 g/mol. The summed E-state index contributed by atoms with van der Waals surface area (Å²) in [4.78, 5) is 21.4. The molecule has 0 aliphatic heterocycles. The molecule has 0 aliphatic rings. The van der Waals surface area contributed by atoms with Crippen LogP contribution >= 0.6 is 11.3 Å². The van der Waals surface area contributed by atoms with Gasteiger partial charge in [-0.2, -0.15) is 0 Å². The van der Waals surface area contributed by atoms with Crippen LogP contribution < -0.4 is 19.3 Å². The zero-order valence-electron chi connectivity index (χ0n) is 18.3. The van der Waals surface area contributed by atoms with Crippen molar-refractivity contribution >= 4 is 32.6 Å². The molecule has 0 bridgehead atoms. The van der Waals surface area contributed by atoms with E-state index in [1.54, 1.807) is 48.7 Å². The number of carbonyl (C=O) groups is 1. The molecule has 0 saturated carbocycles. The van der Waals surface area contributed by atoms with Crippen molar-refractivity contribution in [1.29, 1.82) is 0 Å². The van der Waals surface area contributed by atoms with Crippen molar-refractivity contribution in [2.24, 2.45) is 0 Å². The third kappa shape index (κ3) is 5.09. The molecule has 1 N–H and O–H groups in total. The average Bonchev–Trinajstić information content (AvgIpc) is 3.18. The maximum absolute atomic E-state index is 13.5. The highest BCUT2D eigenvalue weighted by Crippen LogP contribution is 2.32. The van der Waals surface area contributed by atoms with Gasteiger partial charge >= 0.3 is 0 Å². The van der Waals surface area contributed by atoms with Gasteiger partial charge in [0.1, 0.15) is 11.5 Å². The Labute approximate surface area is 182 Å². The molecule has 0 radical (unpaired) electrons. The lowest BCUT2D eigenvalue weighted by atomic mass is 10.1. The third-order valence-corrected chi connectivity index (χ3v) is 6.02. The number of nitrogens with zero attached hydrogens (tertiary/aromatic N) is 2. The summed E-state index contributed by atoms with van der Waals surface area (Å²) in [6.07, 6.45) is 1.85. The van der Waals surface area contributed by atoms with Crippen molar-refractivity contribution in [3.8, 4) is 11.5 Å². The summed E-state index contributed by atoms with van der Waals surface area (Å²) in [5.74, 6) is 1.08. The molecule has 0 fully saturated rings. The van der Waals surface area contributed by atoms with Gasteiger partial charge in [-0.3, -0.25) is 9.69 Å².